The van der Waals surface area contributed by atoms with Gasteiger partial charge in [-0.05, 0) is 36.1 Å². The number of nitrogens with one attached hydrogen (secondary N) is 1. The minimum absolute atomic E-state index is 0.0388. The number of benzene rings is 2. The predicted molar refractivity (Wildman–Crippen MR) is 117 cm³/mol. The van der Waals surface area contributed by atoms with Crippen LogP contribution in [0.25, 0.3) is 0 Å². The third-order valence-electron chi connectivity index (χ3n) is 5.34. The van der Waals surface area contributed by atoms with E-state index in [2.05, 4.69) is 27.6 Å². The van der Waals surface area contributed by atoms with Gasteiger partial charge in [-0.25, -0.2) is 4.39 Å². The number of aryl methyl sites for hydroxylation is 2. The van der Waals surface area contributed by atoms with E-state index in [0.29, 0.717) is 24.6 Å². The average Bonchev–Trinajstić information content (AvgIpc) is 3.39. The minimum Gasteiger partial charge on any atom is -0.342 e. The van der Waals surface area contributed by atoms with Crippen LogP contribution in [0.4, 0.5) is 9.52 Å². The van der Waals surface area contributed by atoms with E-state index in [9.17, 15) is 14.0 Å². The molecule has 1 aromatic heterocycles. The molecular weight excluding hydrogens is 415 g/mol. The van der Waals surface area contributed by atoms with Crippen LogP contribution in [0, 0.1) is 11.7 Å². The van der Waals surface area contributed by atoms with E-state index in [1.165, 1.54) is 29.0 Å². The van der Waals surface area contributed by atoms with E-state index < -0.39 is 5.92 Å². The van der Waals surface area contributed by atoms with Crippen molar-refractivity contribution in [2.24, 2.45) is 5.92 Å². The largest absolute Gasteiger partial charge is 0.342 e. The summed E-state index contributed by atoms with van der Waals surface area (Å²) in [6.45, 7) is 0.891. The van der Waals surface area contributed by atoms with Gasteiger partial charge < -0.3 is 10.2 Å². The van der Waals surface area contributed by atoms with Crippen molar-refractivity contribution >= 4 is 28.3 Å². The van der Waals surface area contributed by atoms with Gasteiger partial charge in [-0.3, -0.25) is 9.59 Å². The first-order valence-corrected chi connectivity index (χ1v) is 11.1. The van der Waals surface area contributed by atoms with Crippen LogP contribution in [0.5, 0.6) is 0 Å². The van der Waals surface area contributed by atoms with E-state index >= 15 is 0 Å². The minimum atomic E-state index is -0.405. The lowest BCUT2D eigenvalue weighted by molar-refractivity contribution is -0.128. The van der Waals surface area contributed by atoms with E-state index in [0.717, 1.165) is 23.4 Å². The number of likely N-dealkylation sites (tertiary alicyclic amines) is 1. The Hall–Kier alpha value is -3.13. The Labute approximate surface area is 184 Å². The Morgan fingerprint density at radius 3 is 2.55 bits per heavy atom. The number of halogens is 1. The Balaban J connectivity index is 1.25. The molecule has 2 heterocycles. The third kappa shape index (κ3) is 5.73. The summed E-state index contributed by atoms with van der Waals surface area (Å²) in [5.41, 5.74) is 2.19. The molecule has 6 nitrogen and oxygen atoms in total. The lowest BCUT2D eigenvalue weighted by atomic mass is 10.1. The topological polar surface area (TPSA) is 75.2 Å². The van der Waals surface area contributed by atoms with Crippen molar-refractivity contribution in [1.29, 1.82) is 0 Å². The summed E-state index contributed by atoms with van der Waals surface area (Å²) in [6, 6.07) is 16.4. The molecule has 160 valence electrons. The van der Waals surface area contributed by atoms with Crippen molar-refractivity contribution in [3.63, 3.8) is 0 Å². The fourth-order valence-corrected chi connectivity index (χ4v) is 4.33. The maximum absolute atomic E-state index is 13.0. The summed E-state index contributed by atoms with van der Waals surface area (Å²) >= 11 is 1.37. The van der Waals surface area contributed by atoms with Gasteiger partial charge in [0.25, 0.3) is 0 Å². The van der Waals surface area contributed by atoms with Gasteiger partial charge in [0.05, 0.1) is 5.92 Å². The molecule has 1 unspecified atom stereocenters. The number of carbonyl (C=O) groups excluding carboxylic acids is 2. The van der Waals surface area contributed by atoms with Crippen LogP contribution in [0.3, 0.4) is 0 Å². The highest BCUT2D eigenvalue weighted by atomic mass is 32.1. The van der Waals surface area contributed by atoms with Crippen LogP contribution in [0.15, 0.2) is 54.6 Å². The van der Waals surface area contributed by atoms with Gasteiger partial charge in [0.1, 0.15) is 10.8 Å². The van der Waals surface area contributed by atoms with Crippen molar-refractivity contribution < 1.29 is 14.0 Å². The molecule has 3 aromatic rings. The van der Waals surface area contributed by atoms with Crippen LogP contribution < -0.4 is 5.32 Å². The van der Waals surface area contributed by atoms with Crippen LogP contribution in [-0.2, 0) is 28.9 Å². The molecule has 4 rings (SSSR count). The van der Waals surface area contributed by atoms with Crippen LogP contribution in [0.1, 0.15) is 22.6 Å². The summed E-state index contributed by atoms with van der Waals surface area (Å²) < 4.78 is 13.0. The molecule has 1 aliphatic heterocycles. The van der Waals surface area contributed by atoms with Crippen molar-refractivity contribution in [2.75, 3.05) is 18.4 Å². The smallest absolute Gasteiger partial charge is 0.231 e. The Morgan fingerprint density at radius 2 is 1.77 bits per heavy atom. The first-order chi connectivity index (χ1) is 15.1. The zero-order valence-electron chi connectivity index (χ0n) is 17.0. The number of aromatic nitrogens is 2. The first-order valence-electron chi connectivity index (χ1n) is 10.3. The fraction of sp³-hybridized carbons (Fsp3) is 0.304. The van der Waals surface area contributed by atoms with Gasteiger partial charge in [0.2, 0.25) is 16.9 Å². The second-order valence-electron chi connectivity index (χ2n) is 7.59. The quantitative estimate of drug-likeness (QED) is 0.584. The molecule has 2 aromatic carbocycles. The monoisotopic (exact) mass is 438 g/mol. The zero-order valence-corrected chi connectivity index (χ0v) is 17.8. The van der Waals surface area contributed by atoms with Gasteiger partial charge in [-0.2, -0.15) is 0 Å². The standard InChI is InChI=1S/C23H23FN4O2S/c24-19-9-6-17(7-10-19)12-13-28-15-18(14-21(28)29)22(30)25-23-27-26-20(31-23)11-8-16-4-2-1-3-5-16/h1-7,9-10,18H,8,11-15H2,(H,25,27,30). The fourth-order valence-electron chi connectivity index (χ4n) is 3.59. The lowest BCUT2D eigenvalue weighted by Crippen LogP contribution is -2.30. The third-order valence-corrected chi connectivity index (χ3v) is 6.23. The second kappa shape index (κ2) is 9.78. The molecule has 0 bridgehead atoms. The highest BCUT2D eigenvalue weighted by Gasteiger charge is 2.34. The van der Waals surface area contributed by atoms with Gasteiger partial charge >= 0.3 is 0 Å². The van der Waals surface area contributed by atoms with Crippen LogP contribution in [-0.4, -0.2) is 40.0 Å². The molecule has 31 heavy (non-hydrogen) atoms. The van der Waals surface area contributed by atoms with Crippen LogP contribution in [0.2, 0.25) is 0 Å². The molecule has 1 fully saturated rings. The molecule has 0 aliphatic carbocycles. The van der Waals surface area contributed by atoms with Gasteiger partial charge in [-0.15, -0.1) is 10.2 Å². The molecule has 2 amide bonds. The van der Waals surface area contributed by atoms with E-state index in [1.807, 2.05) is 18.2 Å². The molecule has 1 saturated heterocycles. The van der Waals surface area contributed by atoms with E-state index in [4.69, 9.17) is 0 Å². The average molecular weight is 439 g/mol. The van der Waals surface area contributed by atoms with Crippen LogP contribution >= 0.6 is 11.3 Å². The molecular formula is C23H23FN4O2S. The molecule has 0 spiro atoms. The Morgan fingerprint density at radius 1 is 1.03 bits per heavy atom. The maximum Gasteiger partial charge on any atom is 0.231 e. The highest BCUT2D eigenvalue weighted by Crippen LogP contribution is 2.22. The number of carbonyl (C=O) groups is 2. The van der Waals surface area contributed by atoms with Gasteiger partial charge in [-0.1, -0.05) is 53.8 Å². The Bertz CT molecular complexity index is 1040. The van der Waals surface area contributed by atoms with Crippen molar-refractivity contribution in [3.8, 4) is 0 Å². The number of hydrogen-bond donors (Lipinski definition) is 1. The Kier molecular flexibility index (Phi) is 6.66. The summed E-state index contributed by atoms with van der Waals surface area (Å²) in [5, 5.41) is 12.4. The molecule has 0 saturated carbocycles. The second-order valence-corrected chi connectivity index (χ2v) is 8.66. The molecule has 1 aliphatic rings. The number of nitrogens with zero attached hydrogens (tertiary/aromatic N) is 3. The predicted octanol–water partition coefficient (Wildman–Crippen LogP) is 3.49. The van der Waals surface area contributed by atoms with Crippen molar-refractivity contribution in [1.82, 2.24) is 15.1 Å². The normalized spacial score (nSPS) is 16.0. The van der Waals surface area contributed by atoms with Gasteiger partial charge in [0, 0.05) is 25.9 Å². The van der Waals surface area contributed by atoms with E-state index in [-0.39, 0.29) is 24.1 Å². The molecule has 0 radical (unpaired) electrons. The maximum atomic E-state index is 13.0. The van der Waals surface area contributed by atoms with Crippen molar-refractivity contribution in [3.05, 3.63) is 76.5 Å². The first kappa shape index (κ1) is 21.1. The number of anilines is 1. The number of rotatable bonds is 8. The summed E-state index contributed by atoms with van der Waals surface area (Å²) in [5.74, 6) is -0.929. The van der Waals surface area contributed by atoms with E-state index in [1.54, 1.807) is 17.0 Å². The zero-order chi connectivity index (χ0) is 21.6. The lowest BCUT2D eigenvalue weighted by Gasteiger charge is -2.16. The SMILES string of the molecule is O=C(Nc1nnc(CCc2ccccc2)s1)C1CC(=O)N(CCc2ccc(F)cc2)C1. The number of amides is 2. The molecule has 1 atom stereocenters. The molecule has 1 N–H and O–H groups in total. The highest BCUT2D eigenvalue weighted by molar-refractivity contribution is 7.15. The molecule has 8 heteroatoms. The summed E-state index contributed by atoms with van der Waals surface area (Å²) in [6.07, 6.45) is 2.44. The number of hydrogen-bond acceptors (Lipinski definition) is 5. The van der Waals surface area contributed by atoms with Gasteiger partial charge in [0.15, 0.2) is 0 Å². The van der Waals surface area contributed by atoms with Crippen molar-refractivity contribution in [2.45, 2.75) is 25.7 Å². The summed E-state index contributed by atoms with van der Waals surface area (Å²) in [4.78, 5) is 26.6. The summed E-state index contributed by atoms with van der Waals surface area (Å²) in [7, 11) is 0.